The van der Waals surface area contributed by atoms with Crippen LogP contribution in [0.15, 0.2) is 0 Å². The Labute approximate surface area is 103 Å². The normalized spacial score (nSPS) is 34.2. The summed E-state index contributed by atoms with van der Waals surface area (Å²) in [7, 11) is 0. The quantitative estimate of drug-likeness (QED) is 0.759. The van der Waals surface area contributed by atoms with E-state index in [4.69, 9.17) is 10.8 Å². The van der Waals surface area contributed by atoms with Crippen LogP contribution >= 0.6 is 0 Å². The van der Waals surface area contributed by atoms with Crippen LogP contribution in [0.4, 0.5) is 0 Å². The highest BCUT2D eigenvalue weighted by Crippen LogP contribution is 2.51. The van der Waals surface area contributed by atoms with E-state index in [1.807, 2.05) is 18.7 Å². The fraction of sp³-hybridized carbons (Fsp3) is 0.923. The number of aliphatic hydroxyl groups excluding tert-OH is 1. The predicted octanol–water partition coefficient (Wildman–Crippen LogP) is 0.591. The zero-order chi connectivity index (χ0) is 12.6. The Balaban J connectivity index is 1.88. The lowest BCUT2D eigenvalue weighted by Gasteiger charge is -2.44. The fourth-order valence-corrected chi connectivity index (χ4v) is 3.25. The van der Waals surface area contributed by atoms with Gasteiger partial charge in [0.05, 0.1) is 6.04 Å². The monoisotopic (exact) mass is 240 g/mol. The number of amides is 1. The topological polar surface area (TPSA) is 66.6 Å². The largest absolute Gasteiger partial charge is 0.396 e. The molecule has 4 heteroatoms. The minimum Gasteiger partial charge on any atom is -0.396 e. The molecule has 0 bridgehead atoms. The molecule has 1 aliphatic carbocycles. The maximum absolute atomic E-state index is 12.1. The van der Waals surface area contributed by atoms with Crippen LogP contribution in [0.3, 0.4) is 0 Å². The van der Waals surface area contributed by atoms with Crippen LogP contribution < -0.4 is 5.73 Å². The first kappa shape index (κ1) is 12.8. The summed E-state index contributed by atoms with van der Waals surface area (Å²) in [6.07, 6.45) is 3.23. The fourth-order valence-electron chi connectivity index (χ4n) is 3.25. The first-order chi connectivity index (χ1) is 7.97. The van der Waals surface area contributed by atoms with E-state index in [-0.39, 0.29) is 17.9 Å². The molecule has 1 saturated heterocycles. The van der Waals surface area contributed by atoms with Crippen LogP contribution in [-0.2, 0) is 4.79 Å². The molecule has 4 nitrogen and oxygen atoms in total. The van der Waals surface area contributed by atoms with Crippen LogP contribution in [0.5, 0.6) is 0 Å². The predicted molar refractivity (Wildman–Crippen MR) is 66.3 cm³/mol. The highest BCUT2D eigenvalue weighted by atomic mass is 16.3. The van der Waals surface area contributed by atoms with Crippen molar-refractivity contribution in [2.24, 2.45) is 23.0 Å². The standard InChI is InChI=1S/C13H24N2O2/c1-9(2)11(14)12(17)15-4-3-13(8-15)5-10(6-13)7-16/h9-11,16H,3-8,14H2,1-2H3/t10?,11-,13?/m0/s1. The molecule has 98 valence electrons. The Bertz CT molecular complexity index is 298. The lowest BCUT2D eigenvalue weighted by atomic mass is 9.62. The van der Waals surface area contributed by atoms with Crippen molar-refractivity contribution in [1.29, 1.82) is 0 Å². The first-order valence-electron chi connectivity index (χ1n) is 6.63. The summed E-state index contributed by atoms with van der Waals surface area (Å²) in [5, 5.41) is 9.07. The van der Waals surface area contributed by atoms with Crippen LogP contribution in [0.2, 0.25) is 0 Å². The summed E-state index contributed by atoms with van der Waals surface area (Å²) >= 11 is 0. The molecular weight excluding hydrogens is 216 g/mol. The third-order valence-electron chi connectivity index (χ3n) is 4.45. The molecule has 1 amide bonds. The van der Waals surface area contributed by atoms with E-state index >= 15 is 0 Å². The van der Waals surface area contributed by atoms with Gasteiger partial charge in [0.1, 0.15) is 0 Å². The molecule has 2 fully saturated rings. The second-order valence-electron chi connectivity index (χ2n) is 6.24. The zero-order valence-electron chi connectivity index (χ0n) is 10.9. The van der Waals surface area contributed by atoms with Crippen molar-refractivity contribution in [2.45, 2.75) is 39.2 Å². The van der Waals surface area contributed by atoms with Gasteiger partial charge in [-0.25, -0.2) is 0 Å². The molecule has 2 rings (SSSR count). The summed E-state index contributed by atoms with van der Waals surface area (Å²) < 4.78 is 0. The SMILES string of the molecule is CC(C)[C@H](N)C(=O)N1CCC2(CC(CO)C2)C1. The average molecular weight is 240 g/mol. The highest BCUT2D eigenvalue weighted by molar-refractivity contribution is 5.82. The van der Waals surface area contributed by atoms with Crippen LogP contribution in [0.1, 0.15) is 33.1 Å². The van der Waals surface area contributed by atoms with Gasteiger partial charge in [-0.2, -0.15) is 0 Å². The Hall–Kier alpha value is -0.610. The lowest BCUT2D eigenvalue weighted by Crippen LogP contribution is -2.48. The number of hydrogen-bond acceptors (Lipinski definition) is 3. The number of carbonyl (C=O) groups is 1. The number of nitrogens with two attached hydrogens (primary N) is 1. The maximum Gasteiger partial charge on any atom is 0.239 e. The zero-order valence-corrected chi connectivity index (χ0v) is 10.9. The van der Waals surface area contributed by atoms with E-state index in [0.29, 0.717) is 17.9 Å². The number of nitrogens with zero attached hydrogens (tertiary/aromatic N) is 1. The minimum atomic E-state index is -0.362. The molecular formula is C13H24N2O2. The van der Waals surface area contributed by atoms with Gasteiger partial charge in [-0.05, 0) is 36.5 Å². The smallest absolute Gasteiger partial charge is 0.239 e. The van der Waals surface area contributed by atoms with Gasteiger partial charge in [0.25, 0.3) is 0 Å². The van der Waals surface area contributed by atoms with Crippen LogP contribution in [0.25, 0.3) is 0 Å². The lowest BCUT2D eigenvalue weighted by molar-refractivity contribution is -0.133. The second kappa shape index (κ2) is 4.58. The molecule has 3 N–H and O–H groups in total. The van der Waals surface area contributed by atoms with Crippen molar-refractivity contribution in [3.63, 3.8) is 0 Å². The molecule has 0 aromatic rings. The van der Waals surface area contributed by atoms with Crippen molar-refractivity contribution in [2.75, 3.05) is 19.7 Å². The molecule has 0 unspecified atom stereocenters. The molecule has 0 aromatic heterocycles. The van der Waals surface area contributed by atoms with Gasteiger partial charge in [0.2, 0.25) is 5.91 Å². The van der Waals surface area contributed by atoms with Crippen molar-refractivity contribution in [3.8, 4) is 0 Å². The van der Waals surface area contributed by atoms with Gasteiger partial charge >= 0.3 is 0 Å². The third kappa shape index (κ3) is 2.33. The van der Waals surface area contributed by atoms with E-state index in [0.717, 1.165) is 32.4 Å². The van der Waals surface area contributed by atoms with Crippen LogP contribution in [0, 0.1) is 17.3 Å². The summed E-state index contributed by atoms with van der Waals surface area (Å²) in [4.78, 5) is 14.0. The molecule has 17 heavy (non-hydrogen) atoms. The second-order valence-corrected chi connectivity index (χ2v) is 6.24. The Morgan fingerprint density at radius 2 is 2.18 bits per heavy atom. The van der Waals surface area contributed by atoms with E-state index in [2.05, 4.69) is 0 Å². The molecule has 1 spiro atoms. The number of hydrogen-bond donors (Lipinski definition) is 2. The number of carbonyl (C=O) groups excluding carboxylic acids is 1. The number of rotatable bonds is 3. The van der Waals surface area contributed by atoms with Gasteiger partial charge in [-0.3, -0.25) is 4.79 Å². The van der Waals surface area contributed by atoms with Gasteiger partial charge < -0.3 is 15.7 Å². The summed E-state index contributed by atoms with van der Waals surface area (Å²) in [5.74, 6) is 0.763. The average Bonchev–Trinajstić information content (AvgIpc) is 2.69. The molecule has 1 heterocycles. The van der Waals surface area contributed by atoms with Crippen molar-refractivity contribution in [1.82, 2.24) is 4.90 Å². The molecule has 0 radical (unpaired) electrons. The Kier molecular flexibility index (Phi) is 3.46. The van der Waals surface area contributed by atoms with E-state index < -0.39 is 0 Å². The van der Waals surface area contributed by atoms with Crippen molar-refractivity contribution in [3.05, 3.63) is 0 Å². The van der Waals surface area contributed by atoms with E-state index in [1.54, 1.807) is 0 Å². The van der Waals surface area contributed by atoms with Crippen molar-refractivity contribution < 1.29 is 9.90 Å². The van der Waals surface area contributed by atoms with E-state index in [1.165, 1.54) is 0 Å². The summed E-state index contributed by atoms with van der Waals surface area (Å²) in [6.45, 7) is 5.96. The van der Waals surface area contributed by atoms with Crippen LogP contribution in [-0.4, -0.2) is 41.7 Å². The van der Waals surface area contributed by atoms with Crippen molar-refractivity contribution >= 4 is 5.91 Å². The number of likely N-dealkylation sites (tertiary alicyclic amines) is 1. The molecule has 1 atom stereocenters. The number of aliphatic hydroxyl groups is 1. The Morgan fingerprint density at radius 1 is 1.53 bits per heavy atom. The summed E-state index contributed by atoms with van der Waals surface area (Å²) in [5.41, 5.74) is 6.22. The Morgan fingerprint density at radius 3 is 2.71 bits per heavy atom. The van der Waals surface area contributed by atoms with Gasteiger partial charge in [0, 0.05) is 19.7 Å². The maximum atomic E-state index is 12.1. The molecule has 1 saturated carbocycles. The van der Waals surface area contributed by atoms with E-state index in [9.17, 15) is 4.79 Å². The molecule has 0 aromatic carbocycles. The third-order valence-corrected chi connectivity index (χ3v) is 4.45. The summed E-state index contributed by atoms with van der Waals surface area (Å²) in [6, 6.07) is -0.362. The molecule has 2 aliphatic rings. The first-order valence-corrected chi connectivity index (χ1v) is 6.63. The molecule has 1 aliphatic heterocycles. The minimum absolute atomic E-state index is 0.101. The van der Waals surface area contributed by atoms with Gasteiger partial charge in [-0.15, -0.1) is 0 Å². The van der Waals surface area contributed by atoms with Gasteiger partial charge in [0.15, 0.2) is 0 Å². The van der Waals surface area contributed by atoms with Gasteiger partial charge in [-0.1, -0.05) is 13.8 Å². The highest BCUT2D eigenvalue weighted by Gasteiger charge is 2.49.